The maximum Gasteiger partial charge on any atom is 0.242 e. The molecule has 1 aliphatic rings. The third-order valence-electron chi connectivity index (χ3n) is 2.64. The number of ether oxygens (including phenoxy) is 1. The molecule has 1 atom stereocenters. The summed E-state index contributed by atoms with van der Waals surface area (Å²) in [4.78, 5) is 11.6. The van der Waals surface area contributed by atoms with Gasteiger partial charge in [0.25, 0.3) is 0 Å². The van der Waals surface area contributed by atoms with Crippen LogP contribution in [-0.2, 0) is 19.4 Å². The molecule has 16 heavy (non-hydrogen) atoms. The van der Waals surface area contributed by atoms with Gasteiger partial charge in [0.15, 0.2) is 9.84 Å². The highest BCUT2D eigenvalue weighted by atomic mass is 32.2. The third-order valence-corrected chi connectivity index (χ3v) is 4.35. The Morgan fingerprint density at radius 3 is 2.75 bits per heavy atom. The SMILES string of the molecule is CCS(=O)(=O)CCNC(=O)C1(N)CCOC1. The zero-order chi connectivity index (χ0) is 12.2. The largest absolute Gasteiger partial charge is 0.379 e. The Morgan fingerprint density at radius 2 is 2.25 bits per heavy atom. The van der Waals surface area contributed by atoms with E-state index in [1.165, 1.54) is 0 Å². The van der Waals surface area contributed by atoms with Gasteiger partial charge in [0, 0.05) is 18.9 Å². The van der Waals surface area contributed by atoms with Gasteiger partial charge in [0.2, 0.25) is 5.91 Å². The van der Waals surface area contributed by atoms with Crippen LogP contribution in [0.1, 0.15) is 13.3 Å². The first kappa shape index (κ1) is 13.4. The minimum atomic E-state index is -3.05. The van der Waals surface area contributed by atoms with E-state index in [4.69, 9.17) is 10.5 Å². The number of sulfone groups is 1. The second-order valence-electron chi connectivity index (χ2n) is 3.95. The van der Waals surface area contributed by atoms with Gasteiger partial charge in [-0.25, -0.2) is 8.42 Å². The molecule has 1 saturated heterocycles. The molecular formula is C9H18N2O4S. The number of hydrogen-bond acceptors (Lipinski definition) is 5. The zero-order valence-corrected chi connectivity index (χ0v) is 10.2. The van der Waals surface area contributed by atoms with Gasteiger partial charge in [-0.3, -0.25) is 4.79 Å². The lowest BCUT2D eigenvalue weighted by molar-refractivity contribution is -0.126. The second kappa shape index (κ2) is 5.11. The van der Waals surface area contributed by atoms with E-state index in [1.807, 2.05) is 0 Å². The van der Waals surface area contributed by atoms with Gasteiger partial charge in [-0.15, -0.1) is 0 Å². The van der Waals surface area contributed by atoms with Crippen LogP contribution in [0.15, 0.2) is 0 Å². The van der Waals surface area contributed by atoms with Gasteiger partial charge in [-0.2, -0.15) is 0 Å². The predicted octanol–water partition coefficient (Wildman–Crippen LogP) is -1.34. The van der Waals surface area contributed by atoms with E-state index in [9.17, 15) is 13.2 Å². The molecule has 1 aliphatic heterocycles. The summed E-state index contributed by atoms with van der Waals surface area (Å²) in [5.74, 6) is -0.303. The quantitative estimate of drug-likeness (QED) is 0.629. The fourth-order valence-electron chi connectivity index (χ4n) is 1.40. The van der Waals surface area contributed by atoms with Gasteiger partial charge < -0.3 is 15.8 Å². The monoisotopic (exact) mass is 250 g/mol. The highest BCUT2D eigenvalue weighted by Crippen LogP contribution is 2.15. The lowest BCUT2D eigenvalue weighted by Gasteiger charge is -2.20. The van der Waals surface area contributed by atoms with Gasteiger partial charge >= 0.3 is 0 Å². The maximum absolute atomic E-state index is 11.6. The van der Waals surface area contributed by atoms with Crippen LogP contribution in [0.4, 0.5) is 0 Å². The van der Waals surface area contributed by atoms with Crippen molar-refractivity contribution in [2.45, 2.75) is 18.9 Å². The first-order valence-electron chi connectivity index (χ1n) is 5.25. The van der Waals surface area contributed by atoms with E-state index in [0.717, 1.165) is 0 Å². The summed E-state index contributed by atoms with van der Waals surface area (Å²) < 4.78 is 27.4. The van der Waals surface area contributed by atoms with Crippen LogP contribution in [0.3, 0.4) is 0 Å². The van der Waals surface area contributed by atoms with E-state index in [2.05, 4.69) is 5.32 Å². The molecule has 0 aromatic heterocycles. The molecule has 1 rings (SSSR count). The molecule has 0 radical (unpaired) electrons. The molecule has 3 N–H and O–H groups in total. The number of nitrogens with one attached hydrogen (secondary N) is 1. The van der Waals surface area contributed by atoms with Crippen LogP contribution >= 0.6 is 0 Å². The van der Waals surface area contributed by atoms with E-state index in [1.54, 1.807) is 6.92 Å². The number of carbonyl (C=O) groups excluding carboxylic acids is 1. The summed E-state index contributed by atoms with van der Waals surface area (Å²) >= 11 is 0. The molecule has 7 heteroatoms. The van der Waals surface area contributed by atoms with E-state index in [0.29, 0.717) is 13.0 Å². The van der Waals surface area contributed by atoms with Gasteiger partial charge in [0.05, 0.1) is 12.4 Å². The van der Waals surface area contributed by atoms with Crippen molar-refractivity contribution in [2.24, 2.45) is 5.73 Å². The molecule has 0 bridgehead atoms. The fourth-order valence-corrected chi connectivity index (χ4v) is 2.10. The van der Waals surface area contributed by atoms with E-state index in [-0.39, 0.29) is 30.6 Å². The second-order valence-corrected chi connectivity index (χ2v) is 6.42. The molecule has 0 spiro atoms. The van der Waals surface area contributed by atoms with Gasteiger partial charge in [-0.1, -0.05) is 6.92 Å². The van der Waals surface area contributed by atoms with Gasteiger partial charge in [-0.05, 0) is 6.42 Å². The summed E-state index contributed by atoms with van der Waals surface area (Å²) in [5.41, 5.74) is 4.81. The Bertz CT molecular complexity index is 347. The normalized spacial score (nSPS) is 25.6. The predicted molar refractivity (Wildman–Crippen MR) is 59.7 cm³/mol. The van der Waals surface area contributed by atoms with Crippen LogP contribution < -0.4 is 11.1 Å². The van der Waals surface area contributed by atoms with E-state index < -0.39 is 15.4 Å². The van der Waals surface area contributed by atoms with Crippen molar-refractivity contribution in [3.63, 3.8) is 0 Å². The number of amides is 1. The summed E-state index contributed by atoms with van der Waals surface area (Å²) in [6, 6.07) is 0. The molecule has 0 aromatic rings. The van der Waals surface area contributed by atoms with Crippen LogP contribution in [-0.4, -0.2) is 51.1 Å². The van der Waals surface area contributed by atoms with Crippen molar-refractivity contribution in [2.75, 3.05) is 31.3 Å². The van der Waals surface area contributed by atoms with Crippen molar-refractivity contribution < 1.29 is 17.9 Å². The molecule has 1 unspecified atom stereocenters. The molecule has 0 saturated carbocycles. The van der Waals surface area contributed by atoms with Crippen molar-refractivity contribution in [1.82, 2.24) is 5.32 Å². The van der Waals surface area contributed by atoms with Crippen LogP contribution in [0.5, 0.6) is 0 Å². The number of hydrogen-bond donors (Lipinski definition) is 2. The third kappa shape index (κ3) is 3.43. The summed E-state index contributed by atoms with van der Waals surface area (Å²) in [7, 11) is -3.05. The minimum absolute atomic E-state index is 0.0494. The molecule has 1 heterocycles. The maximum atomic E-state index is 11.6. The first-order valence-corrected chi connectivity index (χ1v) is 7.07. The highest BCUT2D eigenvalue weighted by molar-refractivity contribution is 7.91. The number of rotatable bonds is 5. The van der Waals surface area contributed by atoms with Crippen molar-refractivity contribution in [1.29, 1.82) is 0 Å². The smallest absolute Gasteiger partial charge is 0.242 e. The fraction of sp³-hybridized carbons (Fsp3) is 0.889. The zero-order valence-electron chi connectivity index (χ0n) is 9.36. The highest BCUT2D eigenvalue weighted by Gasteiger charge is 2.37. The Morgan fingerprint density at radius 1 is 1.56 bits per heavy atom. The average molecular weight is 250 g/mol. The first-order chi connectivity index (χ1) is 7.40. The van der Waals surface area contributed by atoms with Gasteiger partial charge in [0.1, 0.15) is 5.54 Å². The topological polar surface area (TPSA) is 98.5 Å². The van der Waals surface area contributed by atoms with Crippen molar-refractivity contribution in [3.8, 4) is 0 Å². The molecule has 94 valence electrons. The number of carbonyl (C=O) groups is 1. The molecular weight excluding hydrogens is 232 g/mol. The molecule has 1 amide bonds. The van der Waals surface area contributed by atoms with Crippen LogP contribution in [0.2, 0.25) is 0 Å². The van der Waals surface area contributed by atoms with E-state index >= 15 is 0 Å². The summed E-state index contributed by atoms with van der Waals surface area (Å²) in [6.45, 7) is 2.34. The Balaban J connectivity index is 2.36. The molecule has 0 aliphatic carbocycles. The lowest BCUT2D eigenvalue weighted by atomic mass is 9.99. The molecule has 6 nitrogen and oxygen atoms in total. The average Bonchev–Trinajstić information content (AvgIpc) is 2.66. The lowest BCUT2D eigenvalue weighted by Crippen LogP contribution is -2.55. The minimum Gasteiger partial charge on any atom is -0.379 e. The van der Waals surface area contributed by atoms with Crippen molar-refractivity contribution >= 4 is 15.7 Å². The Kier molecular flexibility index (Phi) is 4.28. The Hall–Kier alpha value is -0.660. The van der Waals surface area contributed by atoms with Crippen LogP contribution in [0.25, 0.3) is 0 Å². The number of nitrogens with two attached hydrogens (primary N) is 1. The standard InChI is InChI=1S/C9H18N2O4S/c1-2-16(13,14)6-4-11-8(12)9(10)3-5-15-7-9/h2-7,10H2,1H3,(H,11,12). The Labute approximate surface area is 95.4 Å². The van der Waals surface area contributed by atoms with Crippen LogP contribution in [0, 0.1) is 0 Å². The molecule has 0 aromatic carbocycles. The summed E-state index contributed by atoms with van der Waals surface area (Å²) in [6.07, 6.45) is 0.472. The molecule has 1 fully saturated rings. The van der Waals surface area contributed by atoms with Crippen molar-refractivity contribution in [3.05, 3.63) is 0 Å². The summed E-state index contributed by atoms with van der Waals surface area (Å²) in [5, 5.41) is 2.53.